The molecule has 1 aliphatic rings. The average Bonchev–Trinajstić information content (AvgIpc) is 2.01. The van der Waals surface area contributed by atoms with Crippen molar-refractivity contribution >= 4 is 11.6 Å². The van der Waals surface area contributed by atoms with Crippen LogP contribution in [0.2, 0.25) is 5.15 Å². The molecule has 1 aromatic rings. The van der Waals surface area contributed by atoms with Gasteiger partial charge in [0, 0.05) is 12.1 Å². The fraction of sp³-hybridized carbons (Fsp3) is 0.444. The highest BCUT2D eigenvalue weighted by molar-refractivity contribution is 6.29. The smallest absolute Gasteiger partial charge is 0.169 e. The Hall–Kier alpha value is -0.640. The Morgan fingerprint density at radius 2 is 2.23 bits per heavy atom. The van der Waals surface area contributed by atoms with Gasteiger partial charge in [0.2, 0.25) is 0 Å². The molecule has 13 heavy (non-hydrogen) atoms. The van der Waals surface area contributed by atoms with E-state index in [2.05, 4.69) is 4.98 Å². The van der Waals surface area contributed by atoms with Crippen molar-refractivity contribution in [1.82, 2.24) is 4.98 Å². The van der Waals surface area contributed by atoms with Gasteiger partial charge in [-0.25, -0.2) is 4.98 Å². The summed E-state index contributed by atoms with van der Waals surface area (Å²) in [5, 5.41) is 0.505. The molecule has 1 fully saturated rings. The van der Waals surface area contributed by atoms with Crippen molar-refractivity contribution in [2.75, 3.05) is 0 Å². The van der Waals surface area contributed by atoms with Gasteiger partial charge in [-0.05, 0) is 19.1 Å². The highest BCUT2D eigenvalue weighted by Crippen LogP contribution is 2.19. The van der Waals surface area contributed by atoms with E-state index in [1.807, 2.05) is 19.1 Å². The summed E-state index contributed by atoms with van der Waals surface area (Å²) >= 11 is 5.73. The first kappa shape index (κ1) is 8.94. The lowest BCUT2D eigenvalue weighted by atomic mass is 10.2. The van der Waals surface area contributed by atoms with E-state index in [4.69, 9.17) is 21.1 Å². The van der Waals surface area contributed by atoms with Crippen LogP contribution in [0.3, 0.4) is 0 Å². The van der Waals surface area contributed by atoms with Crippen molar-refractivity contribution in [1.29, 1.82) is 0 Å². The van der Waals surface area contributed by atoms with Crippen LogP contribution in [0.4, 0.5) is 0 Å². The number of ether oxygens (including phenoxy) is 2. The second-order valence-corrected chi connectivity index (χ2v) is 3.31. The molecular weight excluding hydrogens is 190 g/mol. The Morgan fingerprint density at radius 1 is 1.46 bits per heavy atom. The Balaban J connectivity index is 1.94. The molecule has 1 aromatic heterocycles. The van der Waals surface area contributed by atoms with E-state index >= 15 is 0 Å². The van der Waals surface area contributed by atoms with Crippen LogP contribution in [0.5, 0.6) is 0 Å². The standard InChI is InChI=1S/C9H10ClNO2/c1-6-12-9(13-6)5-7-3-2-4-8(10)11-7/h2-4,6,9H,5H2,1H3. The number of hydrogen-bond acceptors (Lipinski definition) is 3. The lowest BCUT2D eigenvalue weighted by Gasteiger charge is -2.33. The van der Waals surface area contributed by atoms with Gasteiger partial charge >= 0.3 is 0 Å². The quantitative estimate of drug-likeness (QED) is 0.683. The first-order valence-electron chi connectivity index (χ1n) is 4.16. The van der Waals surface area contributed by atoms with E-state index < -0.39 is 0 Å². The number of rotatable bonds is 2. The first-order valence-corrected chi connectivity index (χ1v) is 4.54. The van der Waals surface area contributed by atoms with Crippen LogP contribution in [0, 0.1) is 0 Å². The van der Waals surface area contributed by atoms with Gasteiger partial charge < -0.3 is 9.47 Å². The van der Waals surface area contributed by atoms with Crippen LogP contribution in [0.15, 0.2) is 18.2 Å². The summed E-state index contributed by atoms with van der Waals surface area (Å²) < 4.78 is 10.6. The minimum atomic E-state index is -0.152. The summed E-state index contributed by atoms with van der Waals surface area (Å²) in [7, 11) is 0. The van der Waals surface area contributed by atoms with E-state index in [9.17, 15) is 0 Å². The van der Waals surface area contributed by atoms with Crippen molar-refractivity contribution in [3.63, 3.8) is 0 Å². The van der Waals surface area contributed by atoms with Crippen LogP contribution >= 0.6 is 11.6 Å². The van der Waals surface area contributed by atoms with E-state index in [1.54, 1.807) is 6.07 Å². The third-order valence-corrected chi connectivity index (χ3v) is 2.05. The molecule has 4 heteroatoms. The van der Waals surface area contributed by atoms with Gasteiger partial charge in [-0.1, -0.05) is 17.7 Å². The van der Waals surface area contributed by atoms with Crippen LogP contribution in [-0.4, -0.2) is 17.6 Å². The lowest BCUT2D eigenvalue weighted by molar-refractivity contribution is -0.374. The van der Waals surface area contributed by atoms with E-state index in [-0.39, 0.29) is 12.6 Å². The molecule has 1 saturated heterocycles. The van der Waals surface area contributed by atoms with Crippen LogP contribution < -0.4 is 0 Å². The highest BCUT2D eigenvalue weighted by Gasteiger charge is 2.27. The maximum atomic E-state index is 5.73. The van der Waals surface area contributed by atoms with Gasteiger partial charge in [0.15, 0.2) is 12.6 Å². The Kier molecular flexibility index (Phi) is 2.49. The summed E-state index contributed by atoms with van der Waals surface area (Å²) in [5.74, 6) is 0. The number of aromatic nitrogens is 1. The van der Waals surface area contributed by atoms with Crippen molar-refractivity contribution in [2.24, 2.45) is 0 Å². The van der Waals surface area contributed by atoms with Gasteiger partial charge in [-0.2, -0.15) is 0 Å². The fourth-order valence-corrected chi connectivity index (χ4v) is 1.45. The molecule has 0 N–H and O–H groups in total. The topological polar surface area (TPSA) is 31.4 Å². The third-order valence-electron chi connectivity index (χ3n) is 1.84. The number of halogens is 1. The number of nitrogens with zero attached hydrogens (tertiary/aromatic N) is 1. The SMILES string of the molecule is CC1OC(Cc2cccc(Cl)n2)O1. The molecule has 70 valence electrons. The van der Waals surface area contributed by atoms with E-state index in [0.717, 1.165) is 5.69 Å². The maximum Gasteiger partial charge on any atom is 0.169 e. The Morgan fingerprint density at radius 3 is 2.85 bits per heavy atom. The third kappa shape index (κ3) is 2.18. The normalized spacial score (nSPS) is 26.9. The summed E-state index contributed by atoms with van der Waals surface area (Å²) in [5.41, 5.74) is 0.893. The molecule has 2 heterocycles. The minimum Gasteiger partial charge on any atom is -0.324 e. The average molecular weight is 200 g/mol. The van der Waals surface area contributed by atoms with Crippen molar-refractivity contribution in [2.45, 2.75) is 25.9 Å². The molecule has 0 radical (unpaired) electrons. The maximum absolute atomic E-state index is 5.73. The van der Waals surface area contributed by atoms with Gasteiger partial charge in [0.05, 0.1) is 0 Å². The van der Waals surface area contributed by atoms with E-state index in [0.29, 0.717) is 11.6 Å². The molecule has 0 unspecified atom stereocenters. The molecule has 2 rings (SSSR count). The fourth-order valence-electron chi connectivity index (χ4n) is 1.27. The van der Waals surface area contributed by atoms with Crippen LogP contribution in [0.25, 0.3) is 0 Å². The molecule has 0 bridgehead atoms. The second-order valence-electron chi connectivity index (χ2n) is 2.93. The predicted octanol–water partition coefficient (Wildman–Crippen LogP) is 2.00. The molecule has 0 spiro atoms. The number of pyridine rings is 1. The predicted molar refractivity (Wildman–Crippen MR) is 48.4 cm³/mol. The van der Waals surface area contributed by atoms with Gasteiger partial charge in [0.25, 0.3) is 0 Å². The first-order chi connectivity index (χ1) is 6.24. The largest absolute Gasteiger partial charge is 0.324 e. The Bertz CT molecular complexity index is 299. The van der Waals surface area contributed by atoms with Crippen LogP contribution in [-0.2, 0) is 15.9 Å². The van der Waals surface area contributed by atoms with Gasteiger partial charge in [-0.3, -0.25) is 0 Å². The molecule has 1 aliphatic heterocycles. The molecule has 0 aliphatic carbocycles. The summed E-state index contributed by atoms with van der Waals surface area (Å²) in [4.78, 5) is 4.13. The summed E-state index contributed by atoms with van der Waals surface area (Å²) in [6.45, 7) is 1.86. The molecule has 0 saturated carbocycles. The van der Waals surface area contributed by atoms with Crippen molar-refractivity contribution < 1.29 is 9.47 Å². The zero-order valence-corrected chi connectivity index (χ0v) is 7.99. The zero-order valence-electron chi connectivity index (χ0n) is 7.24. The van der Waals surface area contributed by atoms with Gasteiger partial charge in [-0.15, -0.1) is 0 Å². The molecular formula is C9H10ClNO2. The second kappa shape index (κ2) is 3.62. The molecule has 0 aromatic carbocycles. The lowest BCUT2D eigenvalue weighted by Crippen LogP contribution is -2.40. The van der Waals surface area contributed by atoms with Crippen LogP contribution in [0.1, 0.15) is 12.6 Å². The highest BCUT2D eigenvalue weighted by atomic mass is 35.5. The summed E-state index contributed by atoms with van der Waals surface area (Å²) in [6, 6.07) is 5.52. The molecule has 0 atom stereocenters. The summed E-state index contributed by atoms with van der Waals surface area (Å²) in [6.07, 6.45) is 0.426. The van der Waals surface area contributed by atoms with Gasteiger partial charge in [0.1, 0.15) is 5.15 Å². The van der Waals surface area contributed by atoms with Crippen molar-refractivity contribution in [3.05, 3.63) is 29.0 Å². The van der Waals surface area contributed by atoms with E-state index in [1.165, 1.54) is 0 Å². The molecule has 0 amide bonds. The molecule has 3 nitrogen and oxygen atoms in total. The minimum absolute atomic E-state index is 0.0795. The zero-order chi connectivity index (χ0) is 9.26. The van der Waals surface area contributed by atoms with Crippen molar-refractivity contribution in [3.8, 4) is 0 Å². The number of hydrogen-bond donors (Lipinski definition) is 0. The monoisotopic (exact) mass is 199 g/mol. The Labute approximate surface area is 81.6 Å².